The van der Waals surface area contributed by atoms with Crippen molar-refractivity contribution in [2.75, 3.05) is 12.5 Å². The second-order valence-electron chi connectivity index (χ2n) is 3.59. The Morgan fingerprint density at radius 1 is 1.24 bits per heavy atom. The lowest BCUT2D eigenvalue weighted by atomic mass is 10.2. The first-order valence-electron chi connectivity index (χ1n) is 5.19. The molecule has 0 radical (unpaired) electrons. The van der Waals surface area contributed by atoms with Gasteiger partial charge in [0.1, 0.15) is 11.6 Å². The van der Waals surface area contributed by atoms with Gasteiger partial charge in [-0.2, -0.15) is 0 Å². The molecule has 88 valence electrons. The number of hydrogen-bond acceptors (Lipinski definition) is 5. The highest BCUT2D eigenvalue weighted by Crippen LogP contribution is 2.22. The van der Waals surface area contributed by atoms with Gasteiger partial charge in [0.2, 0.25) is 0 Å². The van der Waals surface area contributed by atoms with Crippen molar-refractivity contribution in [1.82, 2.24) is 9.97 Å². The van der Waals surface area contributed by atoms with E-state index in [0.29, 0.717) is 11.6 Å². The molecule has 5 heteroatoms. The normalized spacial score (nSPS) is 10.1. The van der Waals surface area contributed by atoms with Gasteiger partial charge >= 0.3 is 0 Å². The van der Waals surface area contributed by atoms with Crippen molar-refractivity contribution in [3.05, 3.63) is 36.0 Å². The molecule has 0 aliphatic rings. The van der Waals surface area contributed by atoms with Crippen molar-refractivity contribution in [2.24, 2.45) is 5.84 Å². The molecule has 0 aliphatic heterocycles. The van der Waals surface area contributed by atoms with Gasteiger partial charge in [-0.05, 0) is 19.1 Å². The van der Waals surface area contributed by atoms with Crippen LogP contribution in [0.15, 0.2) is 30.3 Å². The number of nitrogen functional groups attached to an aromatic ring is 1. The van der Waals surface area contributed by atoms with Gasteiger partial charge in [0, 0.05) is 17.3 Å². The topological polar surface area (TPSA) is 73.1 Å². The third kappa shape index (κ3) is 2.51. The number of methoxy groups -OCH3 is 1. The molecule has 2 aromatic rings. The van der Waals surface area contributed by atoms with E-state index in [1.165, 1.54) is 0 Å². The zero-order valence-corrected chi connectivity index (χ0v) is 9.77. The minimum absolute atomic E-state index is 0.593. The van der Waals surface area contributed by atoms with Gasteiger partial charge in [0.15, 0.2) is 5.82 Å². The number of hydrazine groups is 1. The first-order chi connectivity index (χ1) is 8.22. The highest BCUT2D eigenvalue weighted by molar-refractivity contribution is 5.59. The lowest BCUT2D eigenvalue weighted by Gasteiger charge is -2.06. The van der Waals surface area contributed by atoms with Crippen LogP contribution in [0.25, 0.3) is 11.4 Å². The Balaban J connectivity index is 2.47. The Hall–Kier alpha value is -2.14. The Labute approximate surface area is 99.6 Å². The van der Waals surface area contributed by atoms with Crippen molar-refractivity contribution in [1.29, 1.82) is 0 Å². The van der Waals surface area contributed by atoms with Crippen molar-refractivity contribution >= 4 is 5.82 Å². The van der Waals surface area contributed by atoms with Crippen molar-refractivity contribution in [3.63, 3.8) is 0 Å². The number of hydrogen-bond donors (Lipinski definition) is 2. The van der Waals surface area contributed by atoms with Crippen LogP contribution in [0.4, 0.5) is 5.82 Å². The van der Waals surface area contributed by atoms with Crippen molar-refractivity contribution in [2.45, 2.75) is 6.92 Å². The van der Waals surface area contributed by atoms with E-state index < -0.39 is 0 Å². The van der Waals surface area contributed by atoms with Crippen LogP contribution in [0.1, 0.15) is 5.69 Å². The molecule has 1 heterocycles. The van der Waals surface area contributed by atoms with E-state index in [1.807, 2.05) is 31.2 Å². The molecule has 2 rings (SSSR count). The van der Waals surface area contributed by atoms with E-state index in [0.717, 1.165) is 17.0 Å². The molecule has 0 atom stereocenters. The highest BCUT2D eigenvalue weighted by Gasteiger charge is 2.05. The maximum absolute atomic E-state index is 5.36. The minimum Gasteiger partial charge on any atom is -0.497 e. The third-order valence-corrected chi connectivity index (χ3v) is 2.33. The average Bonchev–Trinajstić information content (AvgIpc) is 2.38. The maximum Gasteiger partial charge on any atom is 0.161 e. The van der Waals surface area contributed by atoms with Crippen LogP contribution in [0.5, 0.6) is 5.75 Å². The fourth-order valence-corrected chi connectivity index (χ4v) is 1.53. The van der Waals surface area contributed by atoms with Crippen LogP contribution in [0, 0.1) is 6.92 Å². The molecule has 0 amide bonds. The van der Waals surface area contributed by atoms with E-state index in [1.54, 1.807) is 13.2 Å². The summed E-state index contributed by atoms with van der Waals surface area (Å²) >= 11 is 0. The molecule has 3 N–H and O–H groups in total. The molecule has 1 aromatic carbocycles. The summed E-state index contributed by atoms with van der Waals surface area (Å²) in [5.41, 5.74) is 4.27. The van der Waals surface area contributed by atoms with E-state index in [2.05, 4.69) is 15.4 Å². The monoisotopic (exact) mass is 230 g/mol. The number of aromatic nitrogens is 2. The fraction of sp³-hybridized carbons (Fsp3) is 0.167. The van der Waals surface area contributed by atoms with E-state index >= 15 is 0 Å². The number of benzene rings is 1. The summed E-state index contributed by atoms with van der Waals surface area (Å²) in [4.78, 5) is 8.66. The Kier molecular flexibility index (Phi) is 3.20. The van der Waals surface area contributed by atoms with Gasteiger partial charge in [-0.25, -0.2) is 15.8 Å². The summed E-state index contributed by atoms with van der Waals surface area (Å²) in [5.74, 6) is 7.34. The summed E-state index contributed by atoms with van der Waals surface area (Å²) in [6, 6.07) is 9.37. The van der Waals surface area contributed by atoms with Gasteiger partial charge in [0.25, 0.3) is 0 Å². The van der Waals surface area contributed by atoms with E-state index in [-0.39, 0.29) is 0 Å². The fourth-order valence-electron chi connectivity index (χ4n) is 1.53. The first kappa shape index (κ1) is 11.3. The minimum atomic E-state index is 0.593. The SMILES string of the molecule is COc1cccc(-c2nc(C)cc(NN)n2)c1. The molecule has 17 heavy (non-hydrogen) atoms. The molecule has 1 aromatic heterocycles. The number of aryl methyl sites for hydroxylation is 1. The van der Waals surface area contributed by atoms with E-state index in [9.17, 15) is 0 Å². The zero-order chi connectivity index (χ0) is 12.3. The van der Waals surface area contributed by atoms with Gasteiger partial charge in [-0.15, -0.1) is 0 Å². The lowest BCUT2D eigenvalue weighted by Crippen LogP contribution is -2.09. The van der Waals surface area contributed by atoms with E-state index in [4.69, 9.17) is 10.6 Å². The number of ether oxygens (including phenoxy) is 1. The standard InChI is InChI=1S/C12H14N4O/c1-8-6-11(16-13)15-12(14-8)9-4-3-5-10(7-9)17-2/h3-7H,13H2,1-2H3,(H,14,15,16). The number of nitrogens with two attached hydrogens (primary N) is 1. The van der Waals surface area contributed by atoms with Crippen LogP contribution in [-0.4, -0.2) is 17.1 Å². The molecule has 0 unspecified atom stereocenters. The van der Waals surface area contributed by atoms with Gasteiger partial charge in [-0.1, -0.05) is 12.1 Å². The molecule has 0 spiro atoms. The van der Waals surface area contributed by atoms with Gasteiger partial charge in [-0.3, -0.25) is 0 Å². The Morgan fingerprint density at radius 3 is 2.76 bits per heavy atom. The molecule has 0 aliphatic carbocycles. The summed E-state index contributed by atoms with van der Waals surface area (Å²) in [6.45, 7) is 1.90. The lowest BCUT2D eigenvalue weighted by molar-refractivity contribution is 0.415. The highest BCUT2D eigenvalue weighted by atomic mass is 16.5. The third-order valence-electron chi connectivity index (χ3n) is 2.33. The largest absolute Gasteiger partial charge is 0.497 e. The molecular weight excluding hydrogens is 216 g/mol. The predicted molar refractivity (Wildman–Crippen MR) is 66.6 cm³/mol. The van der Waals surface area contributed by atoms with Crippen LogP contribution in [0.2, 0.25) is 0 Å². The predicted octanol–water partition coefficient (Wildman–Crippen LogP) is 1.75. The van der Waals surface area contributed by atoms with Crippen molar-refractivity contribution in [3.8, 4) is 17.1 Å². The van der Waals surface area contributed by atoms with Gasteiger partial charge < -0.3 is 10.2 Å². The van der Waals surface area contributed by atoms with Crippen LogP contribution in [-0.2, 0) is 0 Å². The van der Waals surface area contributed by atoms with Crippen LogP contribution >= 0.6 is 0 Å². The summed E-state index contributed by atoms with van der Waals surface area (Å²) in [6.07, 6.45) is 0. The molecule has 0 saturated heterocycles. The smallest absolute Gasteiger partial charge is 0.161 e. The number of nitrogens with one attached hydrogen (secondary N) is 1. The van der Waals surface area contributed by atoms with Crippen LogP contribution < -0.4 is 16.0 Å². The molecular formula is C12H14N4O. The van der Waals surface area contributed by atoms with Crippen LogP contribution in [0.3, 0.4) is 0 Å². The maximum atomic E-state index is 5.36. The second-order valence-corrected chi connectivity index (χ2v) is 3.59. The first-order valence-corrected chi connectivity index (χ1v) is 5.19. The van der Waals surface area contributed by atoms with Crippen molar-refractivity contribution < 1.29 is 4.74 Å². The molecule has 5 nitrogen and oxygen atoms in total. The molecule has 0 saturated carbocycles. The number of anilines is 1. The quantitative estimate of drug-likeness (QED) is 0.620. The Bertz CT molecular complexity index is 528. The molecule has 0 fully saturated rings. The second kappa shape index (κ2) is 4.80. The Morgan fingerprint density at radius 2 is 2.06 bits per heavy atom. The summed E-state index contributed by atoms with van der Waals surface area (Å²) in [5, 5.41) is 0. The summed E-state index contributed by atoms with van der Waals surface area (Å²) in [7, 11) is 1.63. The van der Waals surface area contributed by atoms with Gasteiger partial charge in [0.05, 0.1) is 7.11 Å². The summed E-state index contributed by atoms with van der Waals surface area (Å²) < 4.78 is 5.17. The molecule has 0 bridgehead atoms. The zero-order valence-electron chi connectivity index (χ0n) is 9.77. The average molecular weight is 230 g/mol. The number of nitrogens with zero attached hydrogens (tertiary/aromatic N) is 2. The number of rotatable bonds is 3.